The number of rotatable bonds is 4. The zero-order valence-corrected chi connectivity index (χ0v) is 14.0. The smallest absolute Gasteiger partial charge is 0.257 e. The van der Waals surface area contributed by atoms with Crippen LogP contribution in [0.2, 0.25) is 0 Å². The molecule has 1 unspecified atom stereocenters. The third-order valence-electron chi connectivity index (χ3n) is 5.11. The summed E-state index contributed by atoms with van der Waals surface area (Å²) in [5.41, 5.74) is -0.772. The number of hydrogen-bond donors (Lipinski definition) is 0. The van der Waals surface area contributed by atoms with E-state index in [1.54, 1.807) is 29.0 Å². The van der Waals surface area contributed by atoms with Crippen LogP contribution in [0.5, 0.6) is 0 Å². The Balaban J connectivity index is 1.87. The molecule has 0 saturated carbocycles. The lowest BCUT2D eigenvalue weighted by Gasteiger charge is -2.44. The van der Waals surface area contributed by atoms with Gasteiger partial charge < -0.3 is 14.5 Å². The van der Waals surface area contributed by atoms with E-state index < -0.39 is 11.4 Å². The summed E-state index contributed by atoms with van der Waals surface area (Å²) in [6.07, 6.45) is 2.91. The van der Waals surface area contributed by atoms with Gasteiger partial charge in [-0.1, -0.05) is 12.1 Å². The minimum Gasteiger partial charge on any atom is -0.383 e. The van der Waals surface area contributed by atoms with Crippen molar-refractivity contribution in [3.05, 3.63) is 35.6 Å². The Bertz CT molecular complexity index is 636. The van der Waals surface area contributed by atoms with Crippen LogP contribution in [-0.4, -0.2) is 60.5 Å². The summed E-state index contributed by atoms with van der Waals surface area (Å²) in [5, 5.41) is 0. The van der Waals surface area contributed by atoms with Crippen LogP contribution >= 0.6 is 0 Å². The van der Waals surface area contributed by atoms with Crippen LogP contribution < -0.4 is 0 Å². The van der Waals surface area contributed by atoms with Gasteiger partial charge in [-0.2, -0.15) is 0 Å². The average molecular weight is 334 g/mol. The van der Waals surface area contributed by atoms with E-state index in [1.807, 2.05) is 0 Å². The lowest BCUT2D eigenvalue weighted by molar-refractivity contribution is -0.146. The van der Waals surface area contributed by atoms with Crippen molar-refractivity contribution in [1.82, 2.24) is 9.80 Å². The number of benzene rings is 1. The molecule has 6 heteroatoms. The van der Waals surface area contributed by atoms with Gasteiger partial charge in [0.2, 0.25) is 5.91 Å². The van der Waals surface area contributed by atoms with Gasteiger partial charge in [0.1, 0.15) is 11.4 Å². The molecule has 1 atom stereocenters. The zero-order valence-electron chi connectivity index (χ0n) is 14.0. The molecule has 0 aromatic heterocycles. The van der Waals surface area contributed by atoms with E-state index in [-0.39, 0.29) is 17.4 Å². The fourth-order valence-electron chi connectivity index (χ4n) is 3.92. The molecule has 1 aromatic carbocycles. The maximum absolute atomic E-state index is 14.0. The highest BCUT2D eigenvalue weighted by atomic mass is 19.1. The molecule has 130 valence electrons. The van der Waals surface area contributed by atoms with E-state index in [0.29, 0.717) is 39.1 Å². The normalized spacial score (nSPS) is 24.0. The number of amides is 2. The average Bonchev–Trinajstić information content (AvgIpc) is 3.01. The highest BCUT2D eigenvalue weighted by molar-refractivity contribution is 6.00. The summed E-state index contributed by atoms with van der Waals surface area (Å²) in [6, 6.07) is 5.97. The molecule has 2 aliphatic rings. The first-order valence-corrected chi connectivity index (χ1v) is 8.45. The molecule has 2 heterocycles. The van der Waals surface area contributed by atoms with Crippen molar-refractivity contribution in [2.75, 3.05) is 33.4 Å². The van der Waals surface area contributed by atoms with Crippen LogP contribution in [0.4, 0.5) is 4.39 Å². The second-order valence-electron chi connectivity index (χ2n) is 6.46. The summed E-state index contributed by atoms with van der Waals surface area (Å²) in [5.74, 6) is -0.940. The molecule has 1 spiro atoms. The van der Waals surface area contributed by atoms with Gasteiger partial charge in [-0.15, -0.1) is 0 Å². The minimum atomic E-state index is -0.814. The number of ether oxygens (including phenoxy) is 1. The summed E-state index contributed by atoms with van der Waals surface area (Å²) < 4.78 is 19.1. The molecule has 2 aliphatic heterocycles. The van der Waals surface area contributed by atoms with Gasteiger partial charge in [-0.3, -0.25) is 9.59 Å². The predicted molar refractivity (Wildman–Crippen MR) is 87.1 cm³/mol. The van der Waals surface area contributed by atoms with Gasteiger partial charge in [0.15, 0.2) is 0 Å². The fourth-order valence-corrected chi connectivity index (χ4v) is 3.92. The molecular formula is C18H23FN2O3. The first kappa shape index (κ1) is 16.9. The van der Waals surface area contributed by atoms with Crippen LogP contribution in [0.1, 0.15) is 36.0 Å². The lowest BCUT2D eigenvalue weighted by atomic mass is 9.85. The quantitative estimate of drug-likeness (QED) is 0.847. The van der Waals surface area contributed by atoms with Gasteiger partial charge in [0.25, 0.3) is 5.91 Å². The van der Waals surface area contributed by atoms with Crippen molar-refractivity contribution in [3.8, 4) is 0 Å². The van der Waals surface area contributed by atoms with Gasteiger partial charge >= 0.3 is 0 Å². The van der Waals surface area contributed by atoms with Gasteiger partial charge in [0, 0.05) is 26.7 Å². The first-order chi connectivity index (χ1) is 11.6. The molecule has 2 saturated heterocycles. The molecular weight excluding hydrogens is 311 g/mol. The number of carbonyl (C=O) groups is 2. The van der Waals surface area contributed by atoms with Crippen LogP contribution in [0.15, 0.2) is 24.3 Å². The van der Waals surface area contributed by atoms with E-state index >= 15 is 0 Å². The molecule has 5 nitrogen and oxygen atoms in total. The van der Waals surface area contributed by atoms with E-state index in [9.17, 15) is 14.0 Å². The highest BCUT2D eigenvalue weighted by Gasteiger charge is 2.52. The molecule has 1 aromatic rings. The topological polar surface area (TPSA) is 49.9 Å². The van der Waals surface area contributed by atoms with Crippen LogP contribution in [-0.2, 0) is 9.53 Å². The first-order valence-electron chi connectivity index (χ1n) is 8.45. The number of piperidine rings is 1. The molecule has 0 N–H and O–H groups in total. The Kier molecular flexibility index (Phi) is 4.85. The van der Waals surface area contributed by atoms with Crippen molar-refractivity contribution in [3.63, 3.8) is 0 Å². The molecule has 0 radical (unpaired) electrons. The van der Waals surface area contributed by atoms with Gasteiger partial charge in [-0.25, -0.2) is 4.39 Å². The Morgan fingerprint density at radius 1 is 1.25 bits per heavy atom. The van der Waals surface area contributed by atoms with Crippen molar-refractivity contribution in [1.29, 1.82) is 0 Å². The Morgan fingerprint density at radius 3 is 2.67 bits per heavy atom. The number of likely N-dealkylation sites (tertiary alicyclic amines) is 2. The van der Waals surface area contributed by atoms with E-state index in [4.69, 9.17) is 4.74 Å². The minimum absolute atomic E-state index is 0.0204. The summed E-state index contributed by atoms with van der Waals surface area (Å²) in [4.78, 5) is 29.3. The number of nitrogens with zero attached hydrogens (tertiary/aromatic N) is 2. The van der Waals surface area contributed by atoms with Crippen LogP contribution in [0.3, 0.4) is 0 Å². The molecule has 2 fully saturated rings. The fraction of sp³-hybridized carbons (Fsp3) is 0.556. The van der Waals surface area contributed by atoms with E-state index in [1.165, 1.54) is 12.1 Å². The predicted octanol–water partition coefficient (Wildman–Crippen LogP) is 2.07. The summed E-state index contributed by atoms with van der Waals surface area (Å²) in [7, 11) is 1.60. The van der Waals surface area contributed by atoms with Gasteiger partial charge in [0.05, 0.1) is 12.2 Å². The van der Waals surface area contributed by atoms with E-state index in [2.05, 4.69) is 0 Å². The van der Waals surface area contributed by atoms with Crippen molar-refractivity contribution in [2.24, 2.45) is 0 Å². The van der Waals surface area contributed by atoms with Gasteiger partial charge in [-0.05, 0) is 37.8 Å². The third kappa shape index (κ3) is 2.79. The van der Waals surface area contributed by atoms with Crippen molar-refractivity contribution >= 4 is 11.8 Å². The number of methoxy groups -OCH3 is 1. The van der Waals surface area contributed by atoms with Crippen LogP contribution in [0, 0.1) is 5.82 Å². The zero-order chi connectivity index (χ0) is 17.2. The maximum atomic E-state index is 14.0. The Morgan fingerprint density at radius 2 is 1.96 bits per heavy atom. The largest absolute Gasteiger partial charge is 0.383 e. The highest BCUT2D eigenvalue weighted by Crippen LogP contribution is 2.39. The monoisotopic (exact) mass is 334 g/mol. The number of hydrogen-bond acceptors (Lipinski definition) is 3. The third-order valence-corrected chi connectivity index (χ3v) is 5.11. The van der Waals surface area contributed by atoms with E-state index in [0.717, 1.165) is 12.8 Å². The molecule has 3 rings (SSSR count). The number of carbonyl (C=O) groups excluding carboxylic acids is 2. The number of halogens is 1. The maximum Gasteiger partial charge on any atom is 0.257 e. The second-order valence-corrected chi connectivity index (χ2v) is 6.46. The molecule has 24 heavy (non-hydrogen) atoms. The van der Waals surface area contributed by atoms with Crippen LogP contribution in [0.25, 0.3) is 0 Å². The molecule has 2 amide bonds. The summed E-state index contributed by atoms with van der Waals surface area (Å²) >= 11 is 0. The summed E-state index contributed by atoms with van der Waals surface area (Å²) in [6.45, 7) is 2.19. The standard InChI is InChI=1S/C18H23FN2O3/c1-24-13-12-20-10-4-8-18(17(20)23)9-5-11-21(18)16(22)14-6-2-3-7-15(14)19/h2-3,6-7H,4-5,8-13H2,1H3. The molecule has 0 aliphatic carbocycles. The Hall–Kier alpha value is -1.95. The Labute approximate surface area is 141 Å². The SMILES string of the molecule is COCCN1CCCC2(CCCN2C(=O)c2ccccc2F)C1=O. The van der Waals surface area contributed by atoms with Crippen molar-refractivity contribution in [2.45, 2.75) is 31.2 Å². The lowest BCUT2D eigenvalue weighted by Crippen LogP contribution is -2.61. The van der Waals surface area contributed by atoms with Crippen molar-refractivity contribution < 1.29 is 18.7 Å². The molecule has 0 bridgehead atoms. The second kappa shape index (κ2) is 6.89.